The molecule has 0 saturated carbocycles. The number of nitrogens with one attached hydrogen (secondary N) is 1. The highest BCUT2D eigenvalue weighted by atomic mass is 19.1. The van der Waals surface area contributed by atoms with Crippen LogP contribution in [0.3, 0.4) is 0 Å². The van der Waals surface area contributed by atoms with E-state index < -0.39 is 0 Å². The Morgan fingerprint density at radius 1 is 1.03 bits per heavy atom. The van der Waals surface area contributed by atoms with E-state index in [2.05, 4.69) is 51.6 Å². The van der Waals surface area contributed by atoms with Crippen molar-refractivity contribution in [1.82, 2.24) is 20.2 Å². The van der Waals surface area contributed by atoms with Crippen molar-refractivity contribution in [3.8, 4) is 0 Å². The Morgan fingerprint density at radius 3 is 2.45 bits per heavy atom. The van der Waals surface area contributed by atoms with Crippen molar-refractivity contribution in [3.05, 3.63) is 71.8 Å². The highest BCUT2D eigenvalue weighted by molar-refractivity contribution is 5.46. The van der Waals surface area contributed by atoms with Crippen molar-refractivity contribution in [3.63, 3.8) is 0 Å². The number of anilines is 1. The van der Waals surface area contributed by atoms with E-state index in [0.717, 1.165) is 57.1 Å². The van der Waals surface area contributed by atoms with Gasteiger partial charge in [-0.3, -0.25) is 0 Å². The maximum Gasteiger partial charge on any atom is 0.209 e. The second-order valence-electron chi connectivity index (χ2n) is 7.58. The quantitative estimate of drug-likeness (QED) is 0.664. The van der Waals surface area contributed by atoms with Crippen molar-refractivity contribution in [2.45, 2.75) is 32.4 Å². The van der Waals surface area contributed by atoms with Crippen molar-refractivity contribution < 1.29 is 9.29 Å². The van der Waals surface area contributed by atoms with E-state index in [0.29, 0.717) is 0 Å². The summed E-state index contributed by atoms with van der Waals surface area (Å²) in [5.41, 5.74) is 2.38. The third-order valence-electron chi connectivity index (χ3n) is 5.82. The average Bonchev–Trinajstić information content (AvgIpc) is 3.23. The summed E-state index contributed by atoms with van der Waals surface area (Å²) in [6.07, 6.45) is 1.92. The lowest BCUT2D eigenvalue weighted by atomic mass is 10.1. The van der Waals surface area contributed by atoms with Crippen LogP contribution >= 0.6 is 0 Å². The zero-order valence-corrected chi connectivity index (χ0v) is 16.8. The molecule has 4 rings (SSSR count). The van der Waals surface area contributed by atoms with E-state index in [-0.39, 0.29) is 11.9 Å². The molecule has 0 aliphatic carbocycles. The summed E-state index contributed by atoms with van der Waals surface area (Å²) in [6, 6.07) is 17.5. The van der Waals surface area contributed by atoms with Gasteiger partial charge in [0.2, 0.25) is 5.82 Å². The molecular weight excluding hydrogens is 367 g/mol. The fraction of sp³-hybridized carbons (Fsp3) is 0.409. The molecule has 1 aromatic heterocycles. The predicted octanol–water partition coefficient (Wildman–Crippen LogP) is 1.91. The first kappa shape index (κ1) is 19.5. The van der Waals surface area contributed by atoms with Gasteiger partial charge >= 0.3 is 0 Å². The topological polar surface area (TPSA) is 51.3 Å². The molecule has 1 fully saturated rings. The van der Waals surface area contributed by atoms with Crippen molar-refractivity contribution in [2.24, 2.45) is 0 Å². The average molecular weight is 396 g/mol. The molecule has 2 aromatic carbocycles. The van der Waals surface area contributed by atoms with Crippen LogP contribution in [0.2, 0.25) is 0 Å². The largest absolute Gasteiger partial charge is 0.360 e. The number of aromatic nitrogens is 4. The van der Waals surface area contributed by atoms with E-state index >= 15 is 0 Å². The van der Waals surface area contributed by atoms with Gasteiger partial charge in [0.1, 0.15) is 11.9 Å². The van der Waals surface area contributed by atoms with Crippen molar-refractivity contribution >= 4 is 5.69 Å². The summed E-state index contributed by atoms with van der Waals surface area (Å²) in [5.74, 6) is 0.792. The van der Waals surface area contributed by atoms with Crippen LogP contribution in [0.15, 0.2) is 54.6 Å². The lowest BCUT2D eigenvalue weighted by Crippen LogP contribution is -3.15. The van der Waals surface area contributed by atoms with Crippen LogP contribution < -0.4 is 9.80 Å². The molecule has 7 heteroatoms. The third-order valence-corrected chi connectivity index (χ3v) is 5.82. The monoisotopic (exact) mass is 395 g/mol. The summed E-state index contributed by atoms with van der Waals surface area (Å²) < 4.78 is 15.2. The summed E-state index contributed by atoms with van der Waals surface area (Å²) in [6.45, 7) is 6.92. The number of halogens is 1. The standard InChI is InChI=1S/C22H27FN6/c1-2-21(22-24-25-26-29(22)13-12-18-6-4-3-5-7-18)28-16-14-27(15-17-28)20-10-8-19(23)9-11-20/h3-11,21H,2,12-17H2,1H3/p+1/t21-/m1/s1. The molecule has 0 spiro atoms. The molecular formula is C22H28FN6+. The molecule has 6 nitrogen and oxygen atoms in total. The molecule has 3 aromatic rings. The van der Waals surface area contributed by atoms with Crippen LogP contribution in [0.5, 0.6) is 0 Å². The molecule has 0 amide bonds. The normalized spacial score (nSPS) is 16.1. The van der Waals surface area contributed by atoms with Gasteiger partial charge in [0.25, 0.3) is 0 Å². The maximum absolute atomic E-state index is 13.2. The van der Waals surface area contributed by atoms with E-state index in [1.54, 1.807) is 0 Å². The second-order valence-corrected chi connectivity index (χ2v) is 7.58. The number of tetrazole rings is 1. The highest BCUT2D eigenvalue weighted by Gasteiger charge is 2.31. The first-order valence-electron chi connectivity index (χ1n) is 10.4. The summed E-state index contributed by atoms with van der Waals surface area (Å²) in [4.78, 5) is 3.84. The van der Waals surface area contributed by atoms with E-state index in [4.69, 9.17) is 0 Å². The molecule has 2 heterocycles. The van der Waals surface area contributed by atoms with Gasteiger partial charge < -0.3 is 9.80 Å². The minimum atomic E-state index is -0.189. The molecule has 0 bridgehead atoms. The number of benzene rings is 2. The minimum Gasteiger partial charge on any atom is -0.360 e. The van der Waals surface area contributed by atoms with E-state index in [1.807, 2.05) is 22.9 Å². The van der Waals surface area contributed by atoms with E-state index in [1.165, 1.54) is 22.6 Å². The first-order valence-corrected chi connectivity index (χ1v) is 10.4. The fourth-order valence-electron chi connectivity index (χ4n) is 4.21. The van der Waals surface area contributed by atoms with Crippen LogP contribution in [0, 0.1) is 5.82 Å². The van der Waals surface area contributed by atoms with Crippen LogP contribution in [0.1, 0.15) is 30.8 Å². The third kappa shape index (κ3) is 4.62. The number of nitrogens with zero attached hydrogens (tertiary/aromatic N) is 5. The van der Waals surface area contributed by atoms with Crippen molar-refractivity contribution in [2.75, 3.05) is 31.1 Å². The SMILES string of the molecule is CC[C@H](c1nnnn1CCc1ccccc1)[NH+]1CCN(c2ccc(F)cc2)CC1. The Bertz CT molecular complexity index is 887. The number of rotatable bonds is 7. The molecule has 1 atom stereocenters. The Kier molecular flexibility index (Phi) is 6.14. The molecule has 1 saturated heterocycles. The summed E-state index contributed by atoms with van der Waals surface area (Å²) >= 11 is 0. The number of hydrogen-bond donors (Lipinski definition) is 1. The molecule has 1 aliphatic heterocycles. The zero-order chi connectivity index (χ0) is 20.1. The molecule has 0 unspecified atom stereocenters. The predicted molar refractivity (Wildman–Crippen MR) is 110 cm³/mol. The van der Waals surface area contributed by atoms with Gasteiger partial charge in [-0.25, -0.2) is 9.07 Å². The first-order chi connectivity index (χ1) is 14.2. The van der Waals surface area contributed by atoms with Crippen molar-refractivity contribution in [1.29, 1.82) is 0 Å². The lowest BCUT2D eigenvalue weighted by molar-refractivity contribution is -0.933. The smallest absolute Gasteiger partial charge is 0.209 e. The summed E-state index contributed by atoms with van der Waals surface area (Å²) in [5, 5.41) is 12.6. The van der Waals surface area contributed by atoms with Gasteiger partial charge in [0, 0.05) is 18.7 Å². The molecule has 152 valence electrons. The van der Waals surface area contributed by atoms with Gasteiger partial charge in [0.15, 0.2) is 0 Å². The molecule has 29 heavy (non-hydrogen) atoms. The Balaban J connectivity index is 1.39. The van der Waals surface area contributed by atoms with Crippen LogP contribution in [0.25, 0.3) is 0 Å². The Hall–Kier alpha value is -2.80. The second kappa shape index (κ2) is 9.13. The van der Waals surface area contributed by atoms with Gasteiger partial charge in [0.05, 0.1) is 26.2 Å². The van der Waals surface area contributed by atoms with E-state index in [9.17, 15) is 4.39 Å². The fourth-order valence-corrected chi connectivity index (χ4v) is 4.21. The molecule has 1 aliphatic rings. The number of aryl methyl sites for hydroxylation is 2. The van der Waals surface area contributed by atoms with Gasteiger partial charge in [-0.1, -0.05) is 37.3 Å². The molecule has 0 radical (unpaired) electrons. The lowest BCUT2D eigenvalue weighted by Gasteiger charge is -2.36. The Morgan fingerprint density at radius 2 is 1.76 bits per heavy atom. The van der Waals surface area contributed by atoms with Crippen LogP contribution in [-0.2, 0) is 13.0 Å². The van der Waals surface area contributed by atoms with Crippen LogP contribution in [0.4, 0.5) is 10.1 Å². The molecule has 1 N–H and O–H groups in total. The minimum absolute atomic E-state index is 0.189. The van der Waals surface area contributed by atoms with Gasteiger partial charge in [-0.15, -0.1) is 5.10 Å². The van der Waals surface area contributed by atoms with Crippen LogP contribution in [-0.4, -0.2) is 46.4 Å². The Labute approximate surface area is 170 Å². The maximum atomic E-state index is 13.2. The number of piperazine rings is 1. The van der Waals surface area contributed by atoms with Gasteiger partial charge in [-0.05, 0) is 46.7 Å². The highest BCUT2D eigenvalue weighted by Crippen LogP contribution is 2.16. The summed E-state index contributed by atoms with van der Waals surface area (Å²) in [7, 11) is 0. The number of quaternary nitrogens is 1. The zero-order valence-electron chi connectivity index (χ0n) is 16.8. The number of hydrogen-bond acceptors (Lipinski definition) is 4. The van der Waals surface area contributed by atoms with Gasteiger partial charge in [-0.2, -0.15) is 0 Å².